The van der Waals surface area contributed by atoms with Crippen molar-refractivity contribution >= 4 is 0 Å². The number of hydrogen-bond donors (Lipinski definition) is 1. The molecule has 2 aromatic rings. The van der Waals surface area contributed by atoms with Crippen LogP contribution in [0.4, 0.5) is 0 Å². The first-order valence-electron chi connectivity index (χ1n) is 6.25. The summed E-state index contributed by atoms with van der Waals surface area (Å²) < 4.78 is 7.56. The third kappa shape index (κ3) is 1.88. The van der Waals surface area contributed by atoms with Crippen LogP contribution < -0.4 is 10.5 Å². The topological polar surface area (TPSA) is 53.1 Å². The maximum atomic E-state index is 6.30. The van der Waals surface area contributed by atoms with E-state index >= 15 is 0 Å². The first kappa shape index (κ1) is 11.3. The monoisotopic (exact) mass is 243 g/mol. The lowest BCUT2D eigenvalue weighted by atomic mass is 9.97. The second-order valence-electron chi connectivity index (χ2n) is 4.68. The van der Waals surface area contributed by atoms with E-state index in [0.717, 1.165) is 36.5 Å². The van der Waals surface area contributed by atoms with Crippen molar-refractivity contribution in [3.63, 3.8) is 0 Å². The Balaban J connectivity index is 2.01. The predicted molar refractivity (Wildman–Crippen MR) is 69.5 cm³/mol. The molecule has 1 aliphatic rings. The highest BCUT2D eigenvalue weighted by Crippen LogP contribution is 2.33. The minimum Gasteiger partial charge on any atom is -0.493 e. The molecule has 1 atom stereocenters. The quantitative estimate of drug-likeness (QED) is 0.875. The number of para-hydroxylation sites is 1. The Kier molecular flexibility index (Phi) is 2.80. The minimum atomic E-state index is -0.223. The van der Waals surface area contributed by atoms with Gasteiger partial charge in [0.05, 0.1) is 18.3 Å². The fourth-order valence-corrected chi connectivity index (χ4v) is 2.42. The molecule has 0 saturated carbocycles. The molecule has 0 radical (unpaired) electrons. The van der Waals surface area contributed by atoms with E-state index in [2.05, 4.69) is 11.2 Å². The van der Waals surface area contributed by atoms with Gasteiger partial charge in [-0.25, -0.2) is 0 Å². The lowest BCUT2D eigenvalue weighted by Crippen LogP contribution is -2.17. The molecule has 1 unspecified atom stereocenters. The van der Waals surface area contributed by atoms with Crippen LogP contribution in [0.3, 0.4) is 0 Å². The first-order valence-corrected chi connectivity index (χ1v) is 6.25. The average molecular weight is 243 g/mol. The van der Waals surface area contributed by atoms with Crippen LogP contribution in [0.5, 0.6) is 5.75 Å². The Labute approximate surface area is 106 Å². The molecule has 0 saturated heterocycles. The summed E-state index contributed by atoms with van der Waals surface area (Å²) in [5.74, 6) is 0.960. The lowest BCUT2D eigenvalue weighted by molar-refractivity contribution is 0.284. The van der Waals surface area contributed by atoms with Crippen LogP contribution in [0.1, 0.15) is 29.3 Å². The van der Waals surface area contributed by atoms with E-state index in [-0.39, 0.29) is 6.04 Å². The second-order valence-corrected chi connectivity index (χ2v) is 4.68. The molecule has 0 bridgehead atoms. The van der Waals surface area contributed by atoms with E-state index in [4.69, 9.17) is 10.5 Å². The van der Waals surface area contributed by atoms with E-state index in [1.54, 1.807) is 4.68 Å². The molecule has 3 rings (SSSR count). The van der Waals surface area contributed by atoms with Crippen molar-refractivity contribution in [1.82, 2.24) is 9.78 Å². The summed E-state index contributed by atoms with van der Waals surface area (Å²) in [4.78, 5) is 0. The maximum Gasteiger partial charge on any atom is 0.127 e. The summed E-state index contributed by atoms with van der Waals surface area (Å²) in [6.07, 6.45) is 4.05. The highest BCUT2D eigenvalue weighted by atomic mass is 16.5. The summed E-state index contributed by atoms with van der Waals surface area (Å²) in [5, 5.41) is 4.37. The van der Waals surface area contributed by atoms with Crippen LogP contribution in [0.25, 0.3) is 0 Å². The molecule has 18 heavy (non-hydrogen) atoms. The summed E-state index contributed by atoms with van der Waals surface area (Å²) >= 11 is 0. The SMILES string of the molecule is Cn1ccc(C(N)c2cccc3c2OCCC3)n1. The van der Waals surface area contributed by atoms with Gasteiger partial charge in [-0.2, -0.15) is 5.10 Å². The van der Waals surface area contributed by atoms with E-state index in [1.165, 1.54) is 5.56 Å². The summed E-state index contributed by atoms with van der Waals surface area (Å²) in [6.45, 7) is 0.777. The Hall–Kier alpha value is -1.81. The van der Waals surface area contributed by atoms with Gasteiger partial charge in [0.25, 0.3) is 0 Å². The van der Waals surface area contributed by atoms with Crippen molar-refractivity contribution in [3.05, 3.63) is 47.3 Å². The molecule has 4 nitrogen and oxygen atoms in total. The van der Waals surface area contributed by atoms with Crippen LogP contribution in [0, 0.1) is 0 Å². The Morgan fingerprint density at radius 3 is 3.06 bits per heavy atom. The van der Waals surface area contributed by atoms with Crippen LogP contribution in [-0.4, -0.2) is 16.4 Å². The number of aryl methyl sites for hydroxylation is 2. The van der Waals surface area contributed by atoms with Crippen LogP contribution in [-0.2, 0) is 13.5 Å². The lowest BCUT2D eigenvalue weighted by Gasteiger charge is -2.22. The van der Waals surface area contributed by atoms with Crippen molar-refractivity contribution in [2.45, 2.75) is 18.9 Å². The summed E-state index contributed by atoms with van der Waals surface area (Å²) in [7, 11) is 1.90. The van der Waals surface area contributed by atoms with Gasteiger partial charge in [0.2, 0.25) is 0 Å². The number of rotatable bonds is 2. The molecule has 0 spiro atoms. The zero-order valence-electron chi connectivity index (χ0n) is 10.5. The molecule has 1 aromatic heterocycles. The predicted octanol–water partition coefficient (Wildman–Crippen LogP) is 1.79. The molecular formula is C14H17N3O. The number of nitrogens with two attached hydrogens (primary N) is 1. The Morgan fingerprint density at radius 2 is 2.28 bits per heavy atom. The molecular weight excluding hydrogens is 226 g/mol. The van der Waals surface area contributed by atoms with Gasteiger partial charge in [-0.1, -0.05) is 18.2 Å². The number of ether oxygens (including phenoxy) is 1. The normalized spacial score (nSPS) is 15.9. The zero-order chi connectivity index (χ0) is 12.5. The fourth-order valence-electron chi connectivity index (χ4n) is 2.42. The molecule has 2 N–H and O–H groups in total. The van der Waals surface area contributed by atoms with Crippen molar-refractivity contribution in [3.8, 4) is 5.75 Å². The number of benzene rings is 1. The highest BCUT2D eigenvalue weighted by molar-refractivity contribution is 5.46. The minimum absolute atomic E-state index is 0.223. The summed E-state index contributed by atoms with van der Waals surface area (Å²) in [6, 6.07) is 7.92. The number of fused-ring (bicyclic) bond motifs is 1. The van der Waals surface area contributed by atoms with Gasteiger partial charge in [-0.05, 0) is 24.5 Å². The van der Waals surface area contributed by atoms with E-state index < -0.39 is 0 Å². The van der Waals surface area contributed by atoms with E-state index in [1.807, 2.05) is 31.4 Å². The van der Waals surface area contributed by atoms with Crippen molar-refractivity contribution in [1.29, 1.82) is 0 Å². The molecule has 4 heteroatoms. The van der Waals surface area contributed by atoms with Crippen molar-refractivity contribution < 1.29 is 4.74 Å². The van der Waals surface area contributed by atoms with Gasteiger partial charge in [0, 0.05) is 18.8 Å². The molecule has 2 heterocycles. The van der Waals surface area contributed by atoms with E-state index in [9.17, 15) is 0 Å². The number of hydrogen-bond acceptors (Lipinski definition) is 3. The van der Waals surface area contributed by atoms with Crippen LogP contribution in [0.2, 0.25) is 0 Å². The smallest absolute Gasteiger partial charge is 0.127 e. The van der Waals surface area contributed by atoms with Gasteiger partial charge in [-0.15, -0.1) is 0 Å². The van der Waals surface area contributed by atoms with Gasteiger partial charge in [0.15, 0.2) is 0 Å². The van der Waals surface area contributed by atoms with Gasteiger partial charge >= 0.3 is 0 Å². The molecule has 94 valence electrons. The molecule has 0 aliphatic carbocycles. The largest absolute Gasteiger partial charge is 0.493 e. The summed E-state index contributed by atoms with van der Waals surface area (Å²) in [5.41, 5.74) is 9.46. The average Bonchev–Trinajstić information content (AvgIpc) is 2.84. The van der Waals surface area contributed by atoms with Gasteiger partial charge in [-0.3, -0.25) is 4.68 Å². The molecule has 0 fully saturated rings. The maximum absolute atomic E-state index is 6.30. The molecule has 1 aromatic carbocycles. The van der Waals surface area contributed by atoms with Crippen LogP contribution >= 0.6 is 0 Å². The van der Waals surface area contributed by atoms with E-state index in [0.29, 0.717) is 0 Å². The Bertz CT molecular complexity index is 562. The first-order chi connectivity index (χ1) is 8.75. The van der Waals surface area contributed by atoms with Crippen molar-refractivity contribution in [2.75, 3.05) is 6.61 Å². The second kappa shape index (κ2) is 4.46. The Morgan fingerprint density at radius 1 is 1.39 bits per heavy atom. The zero-order valence-corrected chi connectivity index (χ0v) is 10.5. The molecule has 0 amide bonds. The highest BCUT2D eigenvalue weighted by Gasteiger charge is 2.20. The van der Waals surface area contributed by atoms with Gasteiger partial charge < -0.3 is 10.5 Å². The molecule has 1 aliphatic heterocycles. The van der Waals surface area contributed by atoms with Crippen molar-refractivity contribution in [2.24, 2.45) is 12.8 Å². The third-order valence-electron chi connectivity index (χ3n) is 3.35. The standard InChI is InChI=1S/C14H17N3O/c1-17-8-7-12(16-17)13(15)11-6-2-4-10-5-3-9-18-14(10)11/h2,4,6-8,13H,3,5,9,15H2,1H3. The number of nitrogens with zero attached hydrogens (tertiary/aromatic N) is 2. The third-order valence-corrected chi connectivity index (χ3v) is 3.35. The number of aromatic nitrogens is 2. The fraction of sp³-hybridized carbons (Fsp3) is 0.357. The van der Waals surface area contributed by atoms with Crippen LogP contribution in [0.15, 0.2) is 30.5 Å². The van der Waals surface area contributed by atoms with Gasteiger partial charge in [0.1, 0.15) is 5.75 Å².